The predicted octanol–water partition coefficient (Wildman–Crippen LogP) is 4.34. The zero-order valence-corrected chi connectivity index (χ0v) is 20.8. The molecule has 1 fully saturated rings. The summed E-state index contributed by atoms with van der Waals surface area (Å²) in [4.78, 5) is 31.5. The van der Waals surface area contributed by atoms with Crippen molar-refractivity contribution < 1.29 is 14.3 Å². The summed E-state index contributed by atoms with van der Waals surface area (Å²) in [6.45, 7) is 5.36. The molecular formula is C26H27N5O3S. The van der Waals surface area contributed by atoms with Gasteiger partial charge in [-0.15, -0.1) is 0 Å². The van der Waals surface area contributed by atoms with Crippen LogP contribution in [0.1, 0.15) is 40.0 Å². The van der Waals surface area contributed by atoms with Crippen LogP contribution in [-0.2, 0) is 4.79 Å². The first-order valence-corrected chi connectivity index (χ1v) is 12.4. The average molecular weight is 490 g/mol. The Morgan fingerprint density at radius 1 is 1.14 bits per heavy atom. The Morgan fingerprint density at radius 3 is 2.46 bits per heavy atom. The van der Waals surface area contributed by atoms with Gasteiger partial charge in [0.2, 0.25) is 5.91 Å². The van der Waals surface area contributed by atoms with E-state index in [1.807, 2.05) is 47.6 Å². The van der Waals surface area contributed by atoms with E-state index in [-0.39, 0.29) is 17.6 Å². The molecule has 1 aromatic carbocycles. The highest BCUT2D eigenvalue weighted by molar-refractivity contribution is 7.99. The molecule has 0 bridgehead atoms. The second-order valence-electron chi connectivity index (χ2n) is 8.30. The van der Waals surface area contributed by atoms with Gasteiger partial charge in [0, 0.05) is 30.7 Å². The van der Waals surface area contributed by atoms with Crippen LogP contribution in [0.4, 0.5) is 5.82 Å². The lowest BCUT2D eigenvalue weighted by Crippen LogP contribution is -2.27. The number of nitrogens with zero attached hydrogens (tertiary/aromatic N) is 4. The van der Waals surface area contributed by atoms with Gasteiger partial charge in [-0.2, -0.15) is 5.26 Å². The molecule has 8 nitrogen and oxygen atoms in total. The van der Waals surface area contributed by atoms with Gasteiger partial charge in [-0.25, -0.2) is 4.98 Å². The summed E-state index contributed by atoms with van der Waals surface area (Å²) in [5.41, 5.74) is 3.48. The minimum Gasteiger partial charge on any atom is -0.497 e. The maximum absolute atomic E-state index is 12.8. The molecule has 0 spiro atoms. The van der Waals surface area contributed by atoms with E-state index < -0.39 is 0 Å². The van der Waals surface area contributed by atoms with Crippen LogP contribution in [0.5, 0.6) is 5.75 Å². The van der Waals surface area contributed by atoms with Gasteiger partial charge in [-0.1, -0.05) is 11.8 Å². The number of nitriles is 1. The number of pyridine rings is 1. The summed E-state index contributed by atoms with van der Waals surface area (Å²) in [6, 6.07) is 13.2. The Morgan fingerprint density at radius 2 is 1.86 bits per heavy atom. The number of methoxy groups -OCH3 is 1. The van der Waals surface area contributed by atoms with Crippen molar-refractivity contribution >= 4 is 29.4 Å². The van der Waals surface area contributed by atoms with Crippen molar-refractivity contribution in [2.45, 2.75) is 31.7 Å². The van der Waals surface area contributed by atoms with E-state index in [0.717, 1.165) is 48.6 Å². The number of likely N-dealkylation sites (tertiary alicyclic amines) is 1. The van der Waals surface area contributed by atoms with Crippen molar-refractivity contribution in [3.05, 3.63) is 65.0 Å². The molecule has 0 unspecified atom stereocenters. The molecule has 1 aliphatic rings. The van der Waals surface area contributed by atoms with Gasteiger partial charge in [-0.3, -0.25) is 14.2 Å². The minimum absolute atomic E-state index is 0.00152. The summed E-state index contributed by atoms with van der Waals surface area (Å²) in [6.07, 6.45) is 3.64. The van der Waals surface area contributed by atoms with Crippen molar-refractivity contribution in [1.29, 1.82) is 5.26 Å². The van der Waals surface area contributed by atoms with Gasteiger partial charge in [-0.05, 0) is 68.7 Å². The van der Waals surface area contributed by atoms with Crippen molar-refractivity contribution in [2.75, 3.05) is 31.3 Å². The van der Waals surface area contributed by atoms with Crippen LogP contribution in [-0.4, -0.2) is 52.2 Å². The molecule has 0 aliphatic carbocycles. The second-order valence-corrected chi connectivity index (χ2v) is 9.30. The van der Waals surface area contributed by atoms with E-state index in [2.05, 4.69) is 16.4 Å². The van der Waals surface area contributed by atoms with Crippen LogP contribution in [0.15, 0.2) is 47.6 Å². The lowest BCUT2D eigenvalue weighted by Gasteiger charge is -2.15. The summed E-state index contributed by atoms with van der Waals surface area (Å²) >= 11 is 1.27. The normalized spacial score (nSPS) is 12.9. The van der Waals surface area contributed by atoms with Crippen LogP contribution in [0.3, 0.4) is 0 Å². The minimum atomic E-state index is -0.252. The number of thioether (sulfide) groups is 1. The monoisotopic (exact) mass is 489 g/mol. The van der Waals surface area contributed by atoms with E-state index in [0.29, 0.717) is 22.0 Å². The third-order valence-corrected chi connectivity index (χ3v) is 7.09. The fraction of sp³-hybridized carbons (Fsp3) is 0.308. The van der Waals surface area contributed by atoms with Crippen LogP contribution in [0, 0.1) is 25.2 Å². The first-order chi connectivity index (χ1) is 16.9. The number of benzene rings is 1. The van der Waals surface area contributed by atoms with Crippen molar-refractivity contribution in [1.82, 2.24) is 14.5 Å². The molecule has 2 amide bonds. The third-order valence-electron chi connectivity index (χ3n) is 6.14. The highest BCUT2D eigenvalue weighted by atomic mass is 32.2. The zero-order valence-electron chi connectivity index (χ0n) is 20.0. The van der Waals surface area contributed by atoms with Crippen LogP contribution in [0.2, 0.25) is 0 Å². The Bertz CT molecular complexity index is 1270. The number of hydrogen-bond donors (Lipinski definition) is 1. The van der Waals surface area contributed by atoms with Crippen LogP contribution >= 0.6 is 11.8 Å². The fourth-order valence-electron chi connectivity index (χ4n) is 4.12. The molecule has 35 heavy (non-hydrogen) atoms. The fourth-order valence-corrected chi connectivity index (χ4v) is 4.76. The second kappa shape index (κ2) is 10.7. The third kappa shape index (κ3) is 5.17. The van der Waals surface area contributed by atoms with Crippen molar-refractivity contribution in [3.8, 4) is 17.5 Å². The molecule has 0 atom stereocenters. The van der Waals surface area contributed by atoms with Crippen molar-refractivity contribution in [2.24, 2.45) is 0 Å². The van der Waals surface area contributed by atoms with Gasteiger partial charge in [0.15, 0.2) is 0 Å². The maximum atomic E-state index is 12.8. The Balaban J connectivity index is 1.46. The lowest BCUT2D eigenvalue weighted by molar-refractivity contribution is -0.113. The highest BCUT2D eigenvalue weighted by Crippen LogP contribution is 2.31. The molecule has 0 saturated carbocycles. The molecule has 2 aromatic heterocycles. The number of ether oxygens (including phenoxy) is 1. The molecule has 1 N–H and O–H groups in total. The van der Waals surface area contributed by atoms with Gasteiger partial charge in [0.05, 0.1) is 29.0 Å². The van der Waals surface area contributed by atoms with E-state index in [4.69, 9.17) is 4.74 Å². The molecule has 3 aromatic rings. The molecule has 180 valence electrons. The SMILES string of the molecule is COc1ccc(-n2c(C)c(C)c(C#N)c2NC(=O)CSc2ccc(C(=O)N3CCCC3)cn2)cc1. The molecule has 9 heteroatoms. The van der Waals surface area contributed by atoms with Gasteiger partial charge in [0.25, 0.3) is 5.91 Å². The van der Waals surface area contributed by atoms with Gasteiger partial charge < -0.3 is 15.0 Å². The van der Waals surface area contributed by atoms with E-state index in [9.17, 15) is 14.9 Å². The summed E-state index contributed by atoms with van der Waals surface area (Å²) in [5.74, 6) is 1.02. The summed E-state index contributed by atoms with van der Waals surface area (Å²) < 4.78 is 7.11. The van der Waals surface area contributed by atoms with Gasteiger partial charge in [0.1, 0.15) is 17.6 Å². The lowest BCUT2D eigenvalue weighted by atomic mass is 10.2. The number of rotatable bonds is 7. The molecule has 3 heterocycles. The van der Waals surface area contributed by atoms with E-state index in [1.165, 1.54) is 11.8 Å². The van der Waals surface area contributed by atoms with Crippen LogP contribution in [0.25, 0.3) is 5.69 Å². The average Bonchev–Trinajstić information content (AvgIpc) is 3.50. The number of aromatic nitrogens is 2. The highest BCUT2D eigenvalue weighted by Gasteiger charge is 2.22. The molecule has 0 radical (unpaired) electrons. The zero-order chi connectivity index (χ0) is 24.9. The molecule has 4 rings (SSSR count). The molecule has 1 aliphatic heterocycles. The summed E-state index contributed by atoms with van der Waals surface area (Å²) in [7, 11) is 1.60. The number of carbonyl (C=O) groups is 2. The Hall–Kier alpha value is -3.77. The number of anilines is 1. The summed E-state index contributed by atoms with van der Waals surface area (Å²) in [5, 5.41) is 13.3. The van der Waals surface area contributed by atoms with Crippen LogP contribution < -0.4 is 10.1 Å². The number of amides is 2. The van der Waals surface area contributed by atoms with Gasteiger partial charge >= 0.3 is 0 Å². The topological polar surface area (TPSA) is 100 Å². The number of hydrogen-bond acceptors (Lipinski definition) is 6. The quantitative estimate of drug-likeness (QED) is 0.496. The Labute approximate surface area is 208 Å². The predicted molar refractivity (Wildman–Crippen MR) is 135 cm³/mol. The first kappa shape index (κ1) is 24.4. The maximum Gasteiger partial charge on any atom is 0.255 e. The standard InChI is InChI=1S/C26H27N5O3S/c1-17-18(2)31(20-7-9-21(34-3)10-8-20)25(22(17)14-27)29-23(32)16-35-24-11-6-19(15-28-24)26(33)30-12-4-5-13-30/h6-11,15H,4-5,12-13,16H2,1-3H3,(H,29,32). The molecule has 1 saturated heterocycles. The smallest absolute Gasteiger partial charge is 0.255 e. The Kier molecular flexibility index (Phi) is 7.42. The number of carbonyl (C=O) groups excluding carboxylic acids is 2. The van der Waals surface area contributed by atoms with Crippen molar-refractivity contribution in [3.63, 3.8) is 0 Å². The van der Waals surface area contributed by atoms with E-state index >= 15 is 0 Å². The largest absolute Gasteiger partial charge is 0.497 e. The number of nitrogens with one attached hydrogen (secondary N) is 1. The van der Waals surface area contributed by atoms with E-state index in [1.54, 1.807) is 25.4 Å². The first-order valence-electron chi connectivity index (χ1n) is 11.4. The molecular weight excluding hydrogens is 462 g/mol.